The van der Waals surface area contributed by atoms with E-state index in [1.54, 1.807) is 6.07 Å². The Morgan fingerprint density at radius 3 is 2.93 bits per heavy atom. The second kappa shape index (κ2) is 9.86. The maximum atomic E-state index is 13.4. The van der Waals surface area contributed by atoms with Crippen LogP contribution in [0.4, 0.5) is 16.0 Å². The van der Waals surface area contributed by atoms with E-state index in [0.717, 1.165) is 31.0 Å². The maximum Gasteiger partial charge on any atom is 0.305 e. The lowest BCUT2D eigenvalue weighted by molar-refractivity contribution is -0.137. The van der Waals surface area contributed by atoms with E-state index in [4.69, 9.17) is 5.11 Å². The summed E-state index contributed by atoms with van der Waals surface area (Å²) in [5.74, 6) is -0.147. The highest BCUT2D eigenvalue weighted by molar-refractivity contribution is 5.77. The number of nitrogens with one attached hydrogen (secondary N) is 3. The molecular weight excluding hydrogens is 375 g/mol. The van der Waals surface area contributed by atoms with Crippen LogP contribution in [0.15, 0.2) is 36.4 Å². The number of benzene rings is 1. The van der Waals surface area contributed by atoms with E-state index >= 15 is 0 Å². The molecule has 1 aromatic carbocycles. The molecule has 1 atom stereocenters. The Labute approximate surface area is 168 Å². The number of aryl methyl sites for hydroxylation is 1. The molecule has 1 aliphatic rings. The van der Waals surface area contributed by atoms with Crippen LogP contribution < -0.4 is 16.0 Å². The van der Waals surface area contributed by atoms with Crippen molar-refractivity contribution in [2.75, 3.05) is 23.7 Å². The number of hydrogen-bond acceptors (Lipinski definition) is 5. The quantitative estimate of drug-likeness (QED) is 0.482. The number of anilines is 2. The molecule has 1 amide bonds. The Balaban J connectivity index is 1.47. The molecule has 0 aliphatic carbocycles. The van der Waals surface area contributed by atoms with E-state index < -0.39 is 17.8 Å². The van der Waals surface area contributed by atoms with E-state index in [1.165, 1.54) is 23.8 Å². The first-order valence-corrected chi connectivity index (χ1v) is 9.75. The Kier molecular flexibility index (Phi) is 6.99. The zero-order chi connectivity index (χ0) is 20.6. The summed E-state index contributed by atoms with van der Waals surface area (Å²) in [4.78, 5) is 27.9. The minimum atomic E-state index is -1.06. The molecule has 0 bridgehead atoms. The highest BCUT2D eigenvalue weighted by Crippen LogP contribution is 2.21. The summed E-state index contributed by atoms with van der Waals surface area (Å²) in [7, 11) is 0. The predicted molar refractivity (Wildman–Crippen MR) is 108 cm³/mol. The molecule has 0 saturated heterocycles. The molecule has 154 valence electrons. The van der Waals surface area contributed by atoms with Gasteiger partial charge in [-0.15, -0.1) is 0 Å². The third-order valence-corrected chi connectivity index (χ3v) is 4.75. The highest BCUT2D eigenvalue weighted by atomic mass is 19.1. The van der Waals surface area contributed by atoms with Crippen molar-refractivity contribution < 1.29 is 19.1 Å². The fourth-order valence-corrected chi connectivity index (χ4v) is 3.31. The Bertz CT molecular complexity index is 875. The van der Waals surface area contributed by atoms with Gasteiger partial charge in [0.15, 0.2) is 0 Å². The Hall–Kier alpha value is -3.16. The van der Waals surface area contributed by atoms with Crippen LogP contribution in [0.3, 0.4) is 0 Å². The number of amides is 1. The van der Waals surface area contributed by atoms with Crippen LogP contribution in [0.1, 0.15) is 42.9 Å². The fourth-order valence-electron chi connectivity index (χ4n) is 3.31. The summed E-state index contributed by atoms with van der Waals surface area (Å²) in [6.07, 6.45) is 2.61. The topological polar surface area (TPSA) is 103 Å². The van der Waals surface area contributed by atoms with E-state index in [1.807, 2.05) is 6.07 Å². The van der Waals surface area contributed by atoms with Crippen molar-refractivity contribution >= 4 is 23.5 Å². The summed E-state index contributed by atoms with van der Waals surface area (Å²) in [5, 5.41) is 18.3. The average molecular weight is 400 g/mol. The lowest BCUT2D eigenvalue weighted by Gasteiger charge is -2.18. The summed E-state index contributed by atoms with van der Waals surface area (Å²) < 4.78 is 13.4. The number of rotatable bonds is 9. The lowest BCUT2D eigenvalue weighted by atomic mass is 10.0. The van der Waals surface area contributed by atoms with Crippen LogP contribution in [0.2, 0.25) is 0 Å². The van der Waals surface area contributed by atoms with Crippen LogP contribution in [0.25, 0.3) is 0 Å². The van der Waals surface area contributed by atoms with Gasteiger partial charge in [0, 0.05) is 19.5 Å². The predicted octanol–water partition coefficient (Wildman–Crippen LogP) is 3.10. The SMILES string of the molecule is O=C(O)CC(NC(=O)CCCNc1ccc2c(n1)NCCC2)c1cccc(F)c1. The molecule has 3 rings (SSSR count). The second-order valence-electron chi connectivity index (χ2n) is 7.04. The molecule has 1 aromatic heterocycles. The van der Waals surface area contributed by atoms with Gasteiger partial charge in [0.25, 0.3) is 0 Å². The summed E-state index contributed by atoms with van der Waals surface area (Å²) >= 11 is 0. The van der Waals surface area contributed by atoms with Gasteiger partial charge in [-0.1, -0.05) is 18.2 Å². The van der Waals surface area contributed by atoms with Gasteiger partial charge in [0.05, 0.1) is 12.5 Å². The van der Waals surface area contributed by atoms with E-state index in [2.05, 4.69) is 27.0 Å². The first-order chi connectivity index (χ1) is 14.0. The van der Waals surface area contributed by atoms with Gasteiger partial charge >= 0.3 is 5.97 Å². The molecule has 2 heterocycles. The zero-order valence-corrected chi connectivity index (χ0v) is 16.1. The number of carboxylic acid groups (broad SMARTS) is 1. The van der Waals surface area contributed by atoms with Gasteiger partial charge in [-0.3, -0.25) is 9.59 Å². The molecule has 4 N–H and O–H groups in total. The van der Waals surface area contributed by atoms with Crippen LogP contribution >= 0.6 is 0 Å². The van der Waals surface area contributed by atoms with E-state index in [9.17, 15) is 14.0 Å². The van der Waals surface area contributed by atoms with Crippen molar-refractivity contribution in [2.45, 2.75) is 38.1 Å². The maximum absolute atomic E-state index is 13.4. The summed E-state index contributed by atoms with van der Waals surface area (Å²) in [5.41, 5.74) is 1.65. The zero-order valence-electron chi connectivity index (χ0n) is 16.1. The number of carbonyl (C=O) groups is 2. The molecule has 29 heavy (non-hydrogen) atoms. The molecule has 1 aliphatic heterocycles. The number of aromatic nitrogens is 1. The third-order valence-electron chi connectivity index (χ3n) is 4.75. The molecule has 7 nitrogen and oxygen atoms in total. The number of halogens is 1. The second-order valence-corrected chi connectivity index (χ2v) is 7.04. The first-order valence-electron chi connectivity index (χ1n) is 9.75. The third kappa shape index (κ3) is 6.17. The van der Waals surface area contributed by atoms with Crippen molar-refractivity contribution in [2.24, 2.45) is 0 Å². The summed E-state index contributed by atoms with van der Waals surface area (Å²) in [6.45, 7) is 1.48. The van der Waals surface area contributed by atoms with E-state index in [-0.39, 0.29) is 18.7 Å². The van der Waals surface area contributed by atoms with Gasteiger partial charge in [0.2, 0.25) is 5.91 Å². The molecule has 0 saturated carbocycles. The van der Waals surface area contributed by atoms with E-state index in [0.29, 0.717) is 18.5 Å². The number of fused-ring (bicyclic) bond motifs is 1. The van der Waals surface area contributed by atoms with Crippen molar-refractivity contribution in [3.8, 4) is 0 Å². The van der Waals surface area contributed by atoms with Gasteiger partial charge in [-0.05, 0) is 48.6 Å². The highest BCUT2D eigenvalue weighted by Gasteiger charge is 2.18. The molecule has 0 spiro atoms. The molecule has 1 unspecified atom stereocenters. The number of carboxylic acids is 1. The van der Waals surface area contributed by atoms with Crippen molar-refractivity contribution in [1.29, 1.82) is 0 Å². The largest absolute Gasteiger partial charge is 0.481 e. The van der Waals surface area contributed by atoms with Crippen LogP contribution in [-0.2, 0) is 16.0 Å². The monoisotopic (exact) mass is 400 g/mol. The van der Waals surface area contributed by atoms with Crippen molar-refractivity contribution in [3.05, 3.63) is 53.3 Å². The first kappa shape index (κ1) is 20.6. The lowest BCUT2D eigenvalue weighted by Crippen LogP contribution is -2.30. The van der Waals surface area contributed by atoms with Crippen molar-refractivity contribution in [3.63, 3.8) is 0 Å². The van der Waals surface area contributed by atoms with Gasteiger partial charge in [-0.2, -0.15) is 0 Å². The Morgan fingerprint density at radius 2 is 2.14 bits per heavy atom. The van der Waals surface area contributed by atoms with Gasteiger partial charge in [0.1, 0.15) is 17.5 Å². The molecule has 0 radical (unpaired) electrons. The number of hydrogen-bond donors (Lipinski definition) is 4. The number of nitrogens with zero attached hydrogens (tertiary/aromatic N) is 1. The molecule has 2 aromatic rings. The molecule has 0 fully saturated rings. The number of aliphatic carboxylic acids is 1. The Morgan fingerprint density at radius 1 is 1.28 bits per heavy atom. The molecular formula is C21H25FN4O3. The van der Waals surface area contributed by atoms with Crippen LogP contribution in [-0.4, -0.2) is 35.1 Å². The van der Waals surface area contributed by atoms with Gasteiger partial charge in [-0.25, -0.2) is 9.37 Å². The minimum Gasteiger partial charge on any atom is -0.481 e. The minimum absolute atomic E-state index is 0.224. The number of pyridine rings is 1. The van der Waals surface area contributed by atoms with Crippen LogP contribution in [0.5, 0.6) is 0 Å². The van der Waals surface area contributed by atoms with Crippen LogP contribution in [0, 0.1) is 5.82 Å². The smallest absolute Gasteiger partial charge is 0.305 e. The molecule has 8 heteroatoms. The van der Waals surface area contributed by atoms with Crippen molar-refractivity contribution in [1.82, 2.24) is 10.3 Å². The standard InChI is InChI=1S/C21H25FN4O3/c22-16-6-1-4-15(12-16)17(13-20(28)29)25-19(27)7-3-10-23-18-9-8-14-5-2-11-24-21(14)26-18/h1,4,6,8-9,12,17H,2-3,5,7,10-11,13H2,(H,25,27)(H,28,29)(H2,23,24,26). The van der Waals surface area contributed by atoms with Gasteiger partial charge < -0.3 is 21.1 Å². The average Bonchev–Trinajstić information content (AvgIpc) is 2.70. The summed E-state index contributed by atoms with van der Waals surface area (Å²) in [6, 6.07) is 8.84. The fraction of sp³-hybridized carbons (Fsp3) is 0.381. The normalized spacial score (nSPS) is 13.7. The number of carbonyl (C=O) groups excluding carboxylic acids is 1.